The van der Waals surface area contributed by atoms with Crippen LogP contribution in [0.4, 0.5) is 0 Å². The van der Waals surface area contributed by atoms with Gasteiger partial charge in [0.15, 0.2) is 0 Å². The second kappa shape index (κ2) is 7.22. The predicted molar refractivity (Wildman–Crippen MR) is 104 cm³/mol. The number of rotatable bonds is 5. The maximum Gasteiger partial charge on any atom is 0.239 e. The van der Waals surface area contributed by atoms with E-state index in [2.05, 4.69) is 37.9 Å². The van der Waals surface area contributed by atoms with Crippen LogP contribution in [0.3, 0.4) is 0 Å². The van der Waals surface area contributed by atoms with Crippen molar-refractivity contribution in [3.63, 3.8) is 0 Å². The minimum atomic E-state index is -0.566. The van der Waals surface area contributed by atoms with Gasteiger partial charge in [-0.1, -0.05) is 6.07 Å². The fourth-order valence-electron chi connectivity index (χ4n) is 3.98. The number of hydrogen-bond donors (Lipinski definition) is 2. The number of piperazine rings is 1. The number of aromatic nitrogens is 2. The van der Waals surface area contributed by atoms with Crippen LogP contribution >= 0.6 is 0 Å². The Morgan fingerprint density at radius 3 is 3.00 bits per heavy atom. The monoisotopic (exact) mass is 371 g/mol. The van der Waals surface area contributed by atoms with Gasteiger partial charge in [-0.2, -0.15) is 0 Å². The summed E-state index contributed by atoms with van der Waals surface area (Å²) in [5.74, 6) is 1.48. The van der Waals surface area contributed by atoms with Gasteiger partial charge in [0.2, 0.25) is 5.91 Å². The van der Waals surface area contributed by atoms with Crippen molar-refractivity contribution in [2.24, 2.45) is 5.92 Å². The van der Waals surface area contributed by atoms with Crippen molar-refractivity contribution < 1.29 is 9.53 Å². The van der Waals surface area contributed by atoms with Crippen molar-refractivity contribution in [1.29, 1.82) is 0 Å². The summed E-state index contributed by atoms with van der Waals surface area (Å²) in [5, 5.41) is 6.57. The maximum absolute atomic E-state index is 13.0. The molecule has 0 bridgehead atoms. The highest BCUT2D eigenvalue weighted by Gasteiger charge is 2.33. The van der Waals surface area contributed by atoms with Crippen molar-refractivity contribution in [1.82, 2.24) is 24.9 Å². The van der Waals surface area contributed by atoms with Crippen LogP contribution in [-0.2, 0) is 15.1 Å². The number of imidazole rings is 1. The highest BCUT2D eigenvalue weighted by atomic mass is 16.5. The summed E-state index contributed by atoms with van der Waals surface area (Å²) in [6.07, 6.45) is 3.87. The molecule has 0 spiro atoms. The molecule has 2 fully saturated rings. The quantitative estimate of drug-likeness (QED) is 0.818. The third-order valence-corrected chi connectivity index (χ3v) is 5.58. The van der Waals surface area contributed by atoms with Gasteiger partial charge in [-0.3, -0.25) is 9.69 Å². The fourth-order valence-corrected chi connectivity index (χ4v) is 3.98. The van der Waals surface area contributed by atoms with E-state index in [1.54, 1.807) is 0 Å². The molecule has 7 nitrogen and oxygen atoms in total. The largest absolute Gasteiger partial charge is 0.381 e. The van der Waals surface area contributed by atoms with E-state index in [4.69, 9.17) is 4.74 Å². The van der Waals surface area contributed by atoms with E-state index in [0.29, 0.717) is 5.92 Å². The van der Waals surface area contributed by atoms with Crippen molar-refractivity contribution in [3.8, 4) is 0 Å². The minimum Gasteiger partial charge on any atom is -0.381 e. The Morgan fingerprint density at radius 2 is 2.26 bits per heavy atom. The molecule has 0 unspecified atom stereocenters. The van der Waals surface area contributed by atoms with Crippen molar-refractivity contribution >= 4 is 11.4 Å². The van der Waals surface area contributed by atoms with E-state index < -0.39 is 5.54 Å². The molecule has 2 saturated heterocycles. The second-order valence-corrected chi connectivity index (χ2v) is 8.31. The molecule has 146 valence electrons. The topological polar surface area (TPSA) is 70.9 Å². The molecule has 2 aliphatic heterocycles. The molecule has 1 atom stereocenters. The number of hydrogen-bond acceptors (Lipinski definition) is 5. The Bertz CT molecular complexity index is 827. The molecular weight excluding hydrogens is 342 g/mol. The first-order valence-corrected chi connectivity index (χ1v) is 9.73. The van der Waals surface area contributed by atoms with Gasteiger partial charge in [-0.15, -0.1) is 0 Å². The zero-order valence-corrected chi connectivity index (χ0v) is 16.4. The van der Waals surface area contributed by atoms with Crippen LogP contribution in [0, 0.1) is 12.8 Å². The van der Waals surface area contributed by atoms with Gasteiger partial charge < -0.3 is 19.8 Å². The number of carbonyl (C=O) groups is 1. The molecule has 4 rings (SSSR count). The van der Waals surface area contributed by atoms with Crippen molar-refractivity contribution in [3.05, 3.63) is 35.9 Å². The number of nitrogens with zero attached hydrogens (tertiary/aromatic N) is 3. The first-order valence-electron chi connectivity index (χ1n) is 9.73. The van der Waals surface area contributed by atoms with E-state index in [0.717, 1.165) is 50.7 Å². The number of carbonyl (C=O) groups excluding carboxylic acids is 1. The lowest BCUT2D eigenvalue weighted by Crippen LogP contribution is -2.60. The summed E-state index contributed by atoms with van der Waals surface area (Å²) in [5.41, 5.74) is 1.67. The summed E-state index contributed by atoms with van der Waals surface area (Å²) in [6, 6.07) is 3.88. The van der Waals surface area contributed by atoms with E-state index in [-0.39, 0.29) is 11.9 Å². The molecule has 2 aliphatic rings. The van der Waals surface area contributed by atoms with E-state index in [1.807, 2.05) is 32.3 Å². The van der Waals surface area contributed by atoms with Crippen LogP contribution in [0.25, 0.3) is 5.52 Å². The second-order valence-electron chi connectivity index (χ2n) is 8.31. The number of nitrogens with one attached hydrogen (secondary N) is 2. The Morgan fingerprint density at radius 1 is 1.44 bits per heavy atom. The average molecular weight is 371 g/mol. The molecule has 27 heavy (non-hydrogen) atoms. The molecule has 2 aromatic heterocycles. The molecule has 0 aromatic carbocycles. The lowest BCUT2D eigenvalue weighted by molar-refractivity contribution is -0.126. The van der Waals surface area contributed by atoms with E-state index in [1.165, 1.54) is 5.56 Å². The van der Waals surface area contributed by atoms with Gasteiger partial charge in [-0.25, -0.2) is 4.98 Å². The molecule has 0 aliphatic carbocycles. The summed E-state index contributed by atoms with van der Waals surface area (Å²) in [7, 11) is 0. The van der Waals surface area contributed by atoms with Gasteiger partial charge in [0.05, 0.1) is 36.5 Å². The van der Waals surface area contributed by atoms with Gasteiger partial charge >= 0.3 is 0 Å². The molecule has 4 heterocycles. The lowest BCUT2D eigenvalue weighted by atomic mass is 10.0. The summed E-state index contributed by atoms with van der Waals surface area (Å²) >= 11 is 0. The van der Waals surface area contributed by atoms with Crippen LogP contribution in [-0.4, -0.2) is 65.6 Å². The summed E-state index contributed by atoms with van der Waals surface area (Å²) in [4.78, 5) is 19.9. The van der Waals surface area contributed by atoms with Crippen LogP contribution in [0.1, 0.15) is 25.2 Å². The molecule has 2 aromatic rings. The highest BCUT2D eigenvalue weighted by Crippen LogP contribution is 2.22. The van der Waals surface area contributed by atoms with Gasteiger partial charge in [0, 0.05) is 38.3 Å². The number of aryl methyl sites for hydroxylation is 1. The zero-order chi connectivity index (χ0) is 19.0. The predicted octanol–water partition coefficient (Wildman–Crippen LogP) is 0.914. The van der Waals surface area contributed by atoms with Gasteiger partial charge in [-0.05, 0) is 32.4 Å². The highest BCUT2D eigenvalue weighted by molar-refractivity contribution is 5.83. The molecule has 2 N–H and O–H groups in total. The molecular formula is C20H29N5O2. The third-order valence-electron chi connectivity index (χ3n) is 5.58. The number of pyridine rings is 1. The normalized spacial score (nSPS) is 22.0. The van der Waals surface area contributed by atoms with Crippen LogP contribution < -0.4 is 10.6 Å². The molecule has 7 heteroatoms. The number of amides is 1. The first kappa shape index (κ1) is 18.4. The molecule has 0 saturated carbocycles. The van der Waals surface area contributed by atoms with E-state index >= 15 is 0 Å². The smallest absolute Gasteiger partial charge is 0.239 e. The first-order chi connectivity index (χ1) is 12.9. The SMILES string of the molecule is Cc1cccn2c(C(C)(C)NC(=O)[C@@H]3CN(CC4COC4)CCN3)ncc12. The number of fused-ring (bicyclic) bond motifs is 1. The third kappa shape index (κ3) is 3.72. The average Bonchev–Trinajstić information content (AvgIpc) is 3.04. The standard InChI is InChI=1S/C20H29N5O2/c1-14-5-4-7-25-17(14)9-22-19(25)20(2,3)23-18(26)16-11-24(8-6-21-16)10-15-12-27-13-15/h4-5,7,9,15-16,21H,6,8,10-13H2,1-3H3,(H,23,26)/t16-/m0/s1. The summed E-state index contributed by atoms with van der Waals surface area (Å²) < 4.78 is 7.33. The van der Waals surface area contributed by atoms with E-state index in [9.17, 15) is 4.79 Å². The molecule has 0 radical (unpaired) electrons. The van der Waals surface area contributed by atoms with Crippen LogP contribution in [0.2, 0.25) is 0 Å². The number of ether oxygens (including phenoxy) is 1. The lowest BCUT2D eigenvalue weighted by Gasteiger charge is -2.38. The Hall–Kier alpha value is -1.96. The maximum atomic E-state index is 13.0. The fraction of sp³-hybridized carbons (Fsp3) is 0.600. The summed E-state index contributed by atoms with van der Waals surface area (Å²) in [6.45, 7) is 11.3. The van der Waals surface area contributed by atoms with Crippen LogP contribution in [0.15, 0.2) is 24.5 Å². The Balaban J connectivity index is 1.44. The van der Waals surface area contributed by atoms with Gasteiger partial charge in [0.1, 0.15) is 5.82 Å². The Labute approximate surface area is 160 Å². The van der Waals surface area contributed by atoms with Crippen LogP contribution in [0.5, 0.6) is 0 Å². The Kier molecular flexibility index (Phi) is 4.92. The van der Waals surface area contributed by atoms with Crippen molar-refractivity contribution in [2.45, 2.75) is 32.4 Å². The minimum absolute atomic E-state index is 0.0268. The van der Waals surface area contributed by atoms with Gasteiger partial charge in [0.25, 0.3) is 0 Å². The molecule has 1 amide bonds. The zero-order valence-electron chi connectivity index (χ0n) is 16.4. The van der Waals surface area contributed by atoms with Crippen molar-refractivity contribution in [2.75, 3.05) is 39.4 Å².